The average molecular weight is 135 g/mol. The van der Waals surface area contributed by atoms with E-state index in [0.29, 0.717) is 5.82 Å². The van der Waals surface area contributed by atoms with Crippen LogP contribution in [0.1, 0.15) is 11.5 Å². The van der Waals surface area contributed by atoms with Gasteiger partial charge in [0.05, 0.1) is 5.69 Å². The molecule has 0 bridgehead atoms. The van der Waals surface area contributed by atoms with Crippen LogP contribution in [0.4, 0.5) is 5.82 Å². The zero-order valence-electron chi connectivity index (χ0n) is 5.89. The summed E-state index contributed by atoms with van der Waals surface area (Å²) in [4.78, 5) is 10.7. The number of H-pyrrole nitrogens is 1. The molecule has 10 heavy (non-hydrogen) atoms. The molecule has 1 heterocycles. The molecule has 3 nitrogen and oxygen atoms in total. The highest BCUT2D eigenvalue weighted by Crippen LogP contribution is 2.15. The van der Waals surface area contributed by atoms with Crippen molar-refractivity contribution in [3.05, 3.63) is 18.1 Å². The number of hydrogen-bond donors (Lipinski definition) is 1. The number of imidazole rings is 1. The van der Waals surface area contributed by atoms with Crippen LogP contribution >= 0.6 is 0 Å². The zero-order chi connectivity index (χ0) is 7.56. The minimum absolute atomic E-state index is 0.618. The summed E-state index contributed by atoms with van der Waals surface area (Å²) in [6.45, 7) is 8.83. The lowest BCUT2D eigenvalue weighted by atomic mass is 10.4. The quantitative estimate of drug-likeness (QED) is 0.616. The van der Waals surface area contributed by atoms with Gasteiger partial charge in [-0.15, -0.1) is 0 Å². The number of aliphatic imine (C=N–C) groups is 1. The number of aromatic amines is 1. The Morgan fingerprint density at radius 3 is 2.80 bits per heavy atom. The molecule has 0 atom stereocenters. The third kappa shape index (κ3) is 0.978. The van der Waals surface area contributed by atoms with Gasteiger partial charge in [-0.05, 0) is 19.7 Å². The summed E-state index contributed by atoms with van der Waals surface area (Å²) in [6.07, 6.45) is 1.67. The van der Waals surface area contributed by atoms with Crippen LogP contribution in [0.25, 0.3) is 6.08 Å². The summed E-state index contributed by atoms with van der Waals surface area (Å²) in [6, 6.07) is 0. The van der Waals surface area contributed by atoms with E-state index in [1.54, 1.807) is 6.08 Å². The fourth-order valence-electron chi connectivity index (χ4n) is 0.761. The van der Waals surface area contributed by atoms with Crippen LogP contribution in [-0.4, -0.2) is 16.7 Å². The molecule has 1 aromatic heterocycles. The molecule has 0 aliphatic carbocycles. The van der Waals surface area contributed by atoms with E-state index < -0.39 is 0 Å². The predicted molar refractivity (Wildman–Crippen MR) is 42.6 cm³/mol. The molecule has 0 aromatic carbocycles. The van der Waals surface area contributed by atoms with E-state index in [-0.39, 0.29) is 0 Å². The fraction of sp³-hybridized carbons (Fsp3) is 0.143. The highest BCUT2D eigenvalue weighted by Gasteiger charge is 2.00. The Balaban J connectivity index is 3.20. The van der Waals surface area contributed by atoms with E-state index in [4.69, 9.17) is 0 Å². The lowest BCUT2D eigenvalue weighted by Crippen LogP contribution is -1.70. The number of aryl methyl sites for hydroxylation is 1. The fourth-order valence-corrected chi connectivity index (χ4v) is 0.761. The summed E-state index contributed by atoms with van der Waals surface area (Å²) >= 11 is 0. The molecule has 1 N–H and O–H groups in total. The molecular formula is C7H9N3. The first kappa shape index (κ1) is 6.74. The van der Waals surface area contributed by atoms with Crippen molar-refractivity contribution in [3.63, 3.8) is 0 Å². The first-order valence-electron chi connectivity index (χ1n) is 2.93. The third-order valence-corrected chi connectivity index (χ3v) is 1.18. The van der Waals surface area contributed by atoms with Crippen molar-refractivity contribution in [2.24, 2.45) is 4.99 Å². The Kier molecular flexibility index (Phi) is 1.67. The summed E-state index contributed by atoms with van der Waals surface area (Å²) in [7, 11) is 0. The zero-order valence-corrected chi connectivity index (χ0v) is 5.89. The molecule has 0 spiro atoms. The van der Waals surface area contributed by atoms with Crippen LogP contribution in [0, 0.1) is 6.92 Å². The molecule has 0 unspecified atom stereocenters. The van der Waals surface area contributed by atoms with Gasteiger partial charge in [-0.25, -0.2) is 9.98 Å². The van der Waals surface area contributed by atoms with Gasteiger partial charge in [-0.1, -0.05) is 6.58 Å². The maximum absolute atomic E-state index is 4.04. The van der Waals surface area contributed by atoms with Crippen LogP contribution in [0.15, 0.2) is 11.6 Å². The number of hydrogen-bond acceptors (Lipinski definition) is 2. The van der Waals surface area contributed by atoms with Crippen molar-refractivity contribution < 1.29 is 0 Å². The molecule has 1 aromatic rings. The Morgan fingerprint density at radius 2 is 2.40 bits per heavy atom. The number of rotatable bonds is 2. The van der Waals surface area contributed by atoms with Crippen LogP contribution in [0.2, 0.25) is 0 Å². The van der Waals surface area contributed by atoms with E-state index in [1.807, 2.05) is 6.92 Å². The van der Waals surface area contributed by atoms with Gasteiger partial charge >= 0.3 is 0 Å². The Bertz CT molecular complexity index is 234. The topological polar surface area (TPSA) is 41.0 Å². The van der Waals surface area contributed by atoms with Crippen LogP contribution in [0.5, 0.6) is 0 Å². The number of nitrogens with one attached hydrogen (secondary N) is 1. The third-order valence-electron chi connectivity index (χ3n) is 1.18. The highest BCUT2D eigenvalue weighted by atomic mass is 15.0. The van der Waals surface area contributed by atoms with E-state index in [2.05, 4.69) is 28.3 Å². The lowest BCUT2D eigenvalue weighted by molar-refractivity contribution is 1.14. The molecule has 3 heteroatoms. The van der Waals surface area contributed by atoms with E-state index in [0.717, 1.165) is 11.5 Å². The molecule has 0 amide bonds. The Labute approximate surface area is 59.5 Å². The summed E-state index contributed by atoms with van der Waals surface area (Å²) in [5, 5.41) is 0. The molecule has 0 aliphatic heterocycles. The van der Waals surface area contributed by atoms with Gasteiger partial charge < -0.3 is 4.98 Å². The second-order valence-corrected chi connectivity index (χ2v) is 1.92. The number of aromatic nitrogens is 2. The molecular weight excluding hydrogens is 126 g/mol. The van der Waals surface area contributed by atoms with Gasteiger partial charge in [0.2, 0.25) is 0 Å². The second-order valence-electron chi connectivity index (χ2n) is 1.92. The van der Waals surface area contributed by atoms with Gasteiger partial charge in [0.25, 0.3) is 0 Å². The Hall–Kier alpha value is -1.38. The molecule has 52 valence electrons. The molecule has 0 fully saturated rings. The van der Waals surface area contributed by atoms with E-state index in [1.165, 1.54) is 0 Å². The SMILES string of the molecule is C=Cc1[nH]c(C)nc1N=C. The average Bonchev–Trinajstić information content (AvgIpc) is 2.30. The van der Waals surface area contributed by atoms with Crippen molar-refractivity contribution in [1.29, 1.82) is 0 Å². The number of nitrogens with zero attached hydrogens (tertiary/aromatic N) is 2. The Morgan fingerprint density at radius 1 is 1.70 bits per heavy atom. The highest BCUT2D eigenvalue weighted by molar-refractivity contribution is 5.58. The van der Waals surface area contributed by atoms with E-state index >= 15 is 0 Å². The van der Waals surface area contributed by atoms with Gasteiger partial charge in [-0.3, -0.25) is 0 Å². The molecule has 1 rings (SSSR count). The van der Waals surface area contributed by atoms with Crippen molar-refractivity contribution in [1.82, 2.24) is 9.97 Å². The van der Waals surface area contributed by atoms with Crippen molar-refractivity contribution in [2.75, 3.05) is 0 Å². The summed E-state index contributed by atoms with van der Waals surface area (Å²) < 4.78 is 0. The molecule has 0 aliphatic rings. The van der Waals surface area contributed by atoms with Gasteiger partial charge in [0.1, 0.15) is 5.82 Å². The monoisotopic (exact) mass is 135 g/mol. The smallest absolute Gasteiger partial charge is 0.177 e. The van der Waals surface area contributed by atoms with Crippen molar-refractivity contribution >= 4 is 18.6 Å². The molecule has 0 radical (unpaired) electrons. The first-order chi connectivity index (χ1) is 4.77. The largest absolute Gasteiger partial charge is 0.341 e. The maximum atomic E-state index is 4.04. The lowest BCUT2D eigenvalue weighted by Gasteiger charge is -1.83. The van der Waals surface area contributed by atoms with Crippen LogP contribution < -0.4 is 0 Å². The standard InChI is InChI=1S/C7H9N3/c1-4-6-7(8-3)10-5(2)9-6/h4H,1,3H2,2H3,(H,9,10). The van der Waals surface area contributed by atoms with Gasteiger partial charge in [0, 0.05) is 0 Å². The summed E-state index contributed by atoms with van der Waals surface area (Å²) in [5.41, 5.74) is 0.826. The first-order valence-corrected chi connectivity index (χ1v) is 2.93. The minimum Gasteiger partial charge on any atom is -0.341 e. The minimum atomic E-state index is 0.618. The van der Waals surface area contributed by atoms with Crippen molar-refractivity contribution in [3.8, 4) is 0 Å². The van der Waals surface area contributed by atoms with Gasteiger partial charge in [0.15, 0.2) is 5.82 Å². The summed E-state index contributed by atoms with van der Waals surface area (Å²) in [5.74, 6) is 1.45. The van der Waals surface area contributed by atoms with Gasteiger partial charge in [-0.2, -0.15) is 0 Å². The maximum Gasteiger partial charge on any atom is 0.177 e. The van der Waals surface area contributed by atoms with Crippen LogP contribution in [-0.2, 0) is 0 Å². The van der Waals surface area contributed by atoms with E-state index in [9.17, 15) is 0 Å². The second kappa shape index (κ2) is 2.47. The molecule has 0 saturated carbocycles. The molecule has 0 saturated heterocycles. The van der Waals surface area contributed by atoms with Crippen LogP contribution in [0.3, 0.4) is 0 Å². The van der Waals surface area contributed by atoms with Crippen molar-refractivity contribution in [2.45, 2.75) is 6.92 Å². The normalized spacial score (nSPS) is 9.30. The predicted octanol–water partition coefficient (Wildman–Crippen LogP) is 1.69.